The first-order chi connectivity index (χ1) is 16.5. The van der Waals surface area contributed by atoms with Gasteiger partial charge in [0, 0.05) is 5.92 Å². The molecule has 1 heterocycles. The number of hydrogen-bond donors (Lipinski definition) is 2. The minimum Gasteiger partial charge on any atom is -0.452 e. The number of hydrazone groups is 1. The smallest absolute Gasteiger partial charge is 0.452 e. The minimum atomic E-state index is -1.65. The number of carbonyl (C=O) groups is 4. The molecule has 2 fully saturated rings. The summed E-state index contributed by atoms with van der Waals surface area (Å²) in [6.45, 7) is 11.7. The minimum absolute atomic E-state index is 0.0292. The van der Waals surface area contributed by atoms with Crippen molar-refractivity contribution in [3.8, 4) is 0 Å². The molecule has 2 aliphatic rings. The second-order valence-corrected chi connectivity index (χ2v) is 11.7. The zero-order valence-electron chi connectivity index (χ0n) is 22.5. The molecule has 1 aliphatic carbocycles. The van der Waals surface area contributed by atoms with Gasteiger partial charge in [-0.05, 0) is 54.4 Å². The van der Waals surface area contributed by atoms with Gasteiger partial charge in [0.25, 0.3) is 6.21 Å². The van der Waals surface area contributed by atoms with Crippen LogP contribution in [-0.2, 0) is 23.8 Å². The quantitative estimate of drug-likeness (QED) is 0.321. The Balaban J connectivity index is 2.68. The Bertz CT molecular complexity index is 866. The van der Waals surface area contributed by atoms with Crippen molar-refractivity contribution in [2.24, 2.45) is 23.5 Å². The molecule has 3 N–H and O–H groups in total. The van der Waals surface area contributed by atoms with E-state index in [1.807, 2.05) is 0 Å². The third kappa shape index (κ3) is 8.18. The normalized spacial score (nSPS) is 25.7. The summed E-state index contributed by atoms with van der Waals surface area (Å²) in [6, 6.07) is -0.905. The number of nitrogens with two attached hydrogens (primary N) is 1. The van der Waals surface area contributed by atoms with E-state index in [0.29, 0.717) is 0 Å². The van der Waals surface area contributed by atoms with Gasteiger partial charge in [0.2, 0.25) is 0 Å². The number of esters is 1. The van der Waals surface area contributed by atoms with E-state index in [-0.39, 0.29) is 12.5 Å². The van der Waals surface area contributed by atoms with Crippen molar-refractivity contribution >= 4 is 30.2 Å². The fourth-order valence-corrected chi connectivity index (χ4v) is 4.87. The second kappa shape index (κ2) is 11.6. The summed E-state index contributed by atoms with van der Waals surface area (Å²) >= 11 is 0. The van der Waals surface area contributed by atoms with Crippen LogP contribution in [0, 0.1) is 17.8 Å². The van der Waals surface area contributed by atoms with Crippen molar-refractivity contribution in [2.75, 3.05) is 6.54 Å². The lowest BCUT2D eigenvalue weighted by molar-refractivity contribution is -0.743. The first-order valence-corrected chi connectivity index (χ1v) is 12.6. The fourth-order valence-electron chi connectivity index (χ4n) is 4.87. The Morgan fingerprint density at radius 3 is 2.03 bits per heavy atom. The average molecular weight is 513 g/mol. The van der Waals surface area contributed by atoms with Crippen LogP contribution in [0.1, 0.15) is 80.6 Å². The van der Waals surface area contributed by atoms with E-state index in [1.165, 1.54) is 6.92 Å². The van der Waals surface area contributed by atoms with Crippen LogP contribution < -0.4 is 5.73 Å². The van der Waals surface area contributed by atoms with E-state index in [2.05, 4.69) is 0 Å². The predicted octanol–water partition coefficient (Wildman–Crippen LogP) is 3.33. The Labute approximate surface area is 212 Å². The van der Waals surface area contributed by atoms with E-state index in [4.69, 9.17) is 19.9 Å². The Hall–Kier alpha value is -2.69. The first kappa shape index (κ1) is 29.5. The Morgan fingerprint density at radius 1 is 1.00 bits per heavy atom. The van der Waals surface area contributed by atoms with E-state index >= 15 is 0 Å². The lowest BCUT2D eigenvalue weighted by Crippen LogP contribution is -2.64. The topological polar surface area (TPSA) is 148 Å². The lowest BCUT2D eigenvalue weighted by Gasteiger charge is -2.42. The summed E-state index contributed by atoms with van der Waals surface area (Å²) in [5.41, 5.74) is 4.26. The van der Waals surface area contributed by atoms with Gasteiger partial charge in [0.15, 0.2) is 5.78 Å². The van der Waals surface area contributed by atoms with Gasteiger partial charge in [-0.2, -0.15) is 0 Å². The van der Waals surface area contributed by atoms with Crippen LogP contribution in [0.4, 0.5) is 9.59 Å². The summed E-state index contributed by atoms with van der Waals surface area (Å²) in [7, 11) is 0. The van der Waals surface area contributed by atoms with Crippen molar-refractivity contribution < 1.29 is 43.2 Å². The average Bonchev–Trinajstić information content (AvgIpc) is 2.71. The highest BCUT2D eigenvalue weighted by atomic mass is 16.7. The van der Waals surface area contributed by atoms with Gasteiger partial charge in [-0.1, -0.05) is 41.8 Å². The SMILES string of the molecule is CC(N)C(=O)C1C(C2CCCCC2)CN(C(=O)OC(C)(C)C)[N+](=CC(=O)OC(C)(C)C)[C@H]1OC(=O)O. The molecular weight excluding hydrogens is 470 g/mol. The van der Waals surface area contributed by atoms with Crippen LogP contribution in [0.2, 0.25) is 0 Å². The third-order valence-corrected chi connectivity index (χ3v) is 6.19. The number of hydrazine groups is 1. The first-order valence-electron chi connectivity index (χ1n) is 12.6. The van der Waals surface area contributed by atoms with Gasteiger partial charge in [-0.15, -0.1) is 0 Å². The molecular formula is C25H42N3O8+. The number of hydrogen-bond acceptors (Lipinski definition) is 8. The molecule has 0 bridgehead atoms. The van der Waals surface area contributed by atoms with Crippen molar-refractivity contribution in [3.05, 3.63) is 0 Å². The third-order valence-electron chi connectivity index (χ3n) is 6.19. The molecule has 3 unspecified atom stereocenters. The predicted molar refractivity (Wildman–Crippen MR) is 130 cm³/mol. The van der Waals surface area contributed by atoms with Gasteiger partial charge in [0.05, 0.1) is 12.6 Å². The molecule has 4 atom stereocenters. The molecule has 2 rings (SSSR count). The van der Waals surface area contributed by atoms with Crippen LogP contribution in [0.15, 0.2) is 0 Å². The molecule has 36 heavy (non-hydrogen) atoms. The number of carboxylic acid groups (broad SMARTS) is 1. The number of nitrogens with zero attached hydrogens (tertiary/aromatic N) is 2. The molecule has 204 valence electrons. The number of carbonyl (C=O) groups excluding carboxylic acids is 3. The van der Waals surface area contributed by atoms with Crippen LogP contribution in [0.5, 0.6) is 0 Å². The highest BCUT2D eigenvalue weighted by molar-refractivity contribution is 6.21. The molecule has 0 radical (unpaired) electrons. The summed E-state index contributed by atoms with van der Waals surface area (Å²) < 4.78 is 17.2. The molecule has 0 spiro atoms. The number of amides is 1. The van der Waals surface area contributed by atoms with Crippen molar-refractivity contribution in [1.29, 1.82) is 0 Å². The zero-order valence-corrected chi connectivity index (χ0v) is 22.5. The molecule has 1 saturated carbocycles. The molecule has 0 aromatic rings. The molecule has 11 heteroatoms. The summed E-state index contributed by atoms with van der Waals surface area (Å²) in [5.74, 6) is -2.63. The van der Waals surface area contributed by atoms with Gasteiger partial charge in [-0.25, -0.2) is 14.4 Å². The summed E-state index contributed by atoms with van der Waals surface area (Å²) in [4.78, 5) is 51.3. The summed E-state index contributed by atoms with van der Waals surface area (Å²) in [6.07, 6.45) is 1.63. The lowest BCUT2D eigenvalue weighted by atomic mass is 9.70. The van der Waals surface area contributed by atoms with E-state index in [0.717, 1.165) is 48.0 Å². The van der Waals surface area contributed by atoms with Gasteiger partial charge in [-0.3, -0.25) is 4.79 Å². The summed E-state index contributed by atoms with van der Waals surface area (Å²) in [5, 5.41) is 10.7. The molecule has 0 aromatic heterocycles. The molecule has 0 aromatic carbocycles. The number of ketones is 1. The monoisotopic (exact) mass is 512 g/mol. The Kier molecular flexibility index (Phi) is 9.50. The maximum Gasteiger partial charge on any atom is 0.510 e. The van der Waals surface area contributed by atoms with Crippen molar-refractivity contribution in [1.82, 2.24) is 5.01 Å². The fraction of sp³-hybridized carbons (Fsp3) is 0.800. The highest BCUT2D eigenvalue weighted by Crippen LogP contribution is 2.40. The van der Waals surface area contributed by atoms with Crippen LogP contribution in [-0.4, -0.2) is 75.0 Å². The van der Waals surface area contributed by atoms with E-state index < -0.39 is 59.3 Å². The molecule has 1 saturated heterocycles. The molecule has 1 amide bonds. The maximum atomic E-state index is 13.4. The number of ether oxygens (including phenoxy) is 3. The van der Waals surface area contributed by atoms with E-state index in [9.17, 15) is 24.3 Å². The standard InChI is InChI=1S/C25H41N3O8/c1-15(26)20(30)19-17(16-11-9-8-10-12-16)13-28(22(31)36-25(5,6)7)27(21(19)34-23(32)33)14-18(29)35-24(2,3)4/h14-17,19,21H,8-13,26H2,1-7H3/p+1/t15?,17?,19?,21-/m0/s1. The molecule has 11 nitrogen and oxygen atoms in total. The van der Waals surface area contributed by atoms with Gasteiger partial charge < -0.3 is 25.1 Å². The van der Waals surface area contributed by atoms with E-state index in [1.54, 1.807) is 41.5 Å². The highest BCUT2D eigenvalue weighted by Gasteiger charge is 2.57. The van der Waals surface area contributed by atoms with Gasteiger partial charge in [0.1, 0.15) is 17.1 Å². The Morgan fingerprint density at radius 2 is 1.56 bits per heavy atom. The van der Waals surface area contributed by atoms with Crippen LogP contribution in [0.25, 0.3) is 0 Å². The van der Waals surface area contributed by atoms with Gasteiger partial charge >= 0.3 is 24.4 Å². The van der Waals surface area contributed by atoms with Crippen LogP contribution in [0.3, 0.4) is 0 Å². The second-order valence-electron chi connectivity index (χ2n) is 11.7. The molecule has 1 aliphatic heterocycles. The largest absolute Gasteiger partial charge is 0.510 e. The maximum absolute atomic E-state index is 13.4. The number of rotatable bonds is 5. The van der Waals surface area contributed by atoms with Crippen LogP contribution >= 0.6 is 0 Å². The number of Topliss-reactive ketones (excluding diaryl/α,β-unsaturated/α-hetero) is 1. The van der Waals surface area contributed by atoms with Crippen molar-refractivity contribution in [2.45, 2.75) is 104 Å². The zero-order chi connectivity index (χ0) is 27.4. The van der Waals surface area contributed by atoms with Crippen molar-refractivity contribution in [3.63, 3.8) is 0 Å².